The Morgan fingerprint density at radius 1 is 1.38 bits per heavy atom. The van der Waals surface area contributed by atoms with Crippen LogP contribution in [0.3, 0.4) is 0 Å². The first-order valence-corrected chi connectivity index (χ1v) is 7.78. The second-order valence-corrected chi connectivity index (χ2v) is 7.71. The zero-order chi connectivity index (χ0) is 10.1. The van der Waals surface area contributed by atoms with E-state index < -0.39 is 8.80 Å². The number of allylic oxidation sites excluding steroid dienone is 3. The van der Waals surface area contributed by atoms with Gasteiger partial charge in [0.05, 0.1) is 8.80 Å². The summed E-state index contributed by atoms with van der Waals surface area (Å²) in [5.74, 6) is 0. The van der Waals surface area contributed by atoms with Crippen LogP contribution in [0.15, 0.2) is 22.5 Å². The molecule has 1 unspecified atom stereocenters. The second-order valence-electron chi connectivity index (χ2n) is 4.88. The summed E-state index contributed by atoms with van der Waals surface area (Å²) in [6.45, 7) is 11.8. The summed E-state index contributed by atoms with van der Waals surface area (Å²) in [5.41, 5.74) is 4.50. The van der Waals surface area contributed by atoms with Crippen molar-refractivity contribution in [2.24, 2.45) is 5.41 Å². The largest absolute Gasteiger partial charge is 0.0932 e. The summed E-state index contributed by atoms with van der Waals surface area (Å²) in [5, 5.41) is 1.71. The van der Waals surface area contributed by atoms with Crippen molar-refractivity contribution >= 4 is 8.80 Å². The molecule has 0 fully saturated rings. The van der Waals surface area contributed by atoms with Crippen LogP contribution in [0, 0.1) is 5.41 Å². The molecule has 0 N–H and O–H groups in total. The Labute approximate surface area is 84.3 Å². The third-order valence-electron chi connectivity index (χ3n) is 3.26. The van der Waals surface area contributed by atoms with Crippen molar-refractivity contribution in [2.45, 2.75) is 47.1 Å². The van der Waals surface area contributed by atoms with Crippen LogP contribution in [0.25, 0.3) is 0 Å². The van der Waals surface area contributed by atoms with Crippen LogP contribution in [0.2, 0.25) is 6.55 Å². The molecule has 0 bridgehead atoms. The van der Waals surface area contributed by atoms with Crippen LogP contribution >= 0.6 is 0 Å². The predicted octanol–water partition coefficient (Wildman–Crippen LogP) is 3.63. The lowest BCUT2D eigenvalue weighted by Gasteiger charge is -2.26. The zero-order valence-corrected chi connectivity index (χ0v) is 10.8. The van der Waals surface area contributed by atoms with E-state index in [-0.39, 0.29) is 0 Å². The van der Waals surface area contributed by atoms with Crippen LogP contribution < -0.4 is 0 Å². The lowest BCUT2D eigenvalue weighted by atomic mass is 9.80. The first-order chi connectivity index (χ1) is 5.99. The average Bonchev–Trinajstić information content (AvgIpc) is 2.33. The molecule has 0 aromatic rings. The lowest BCUT2D eigenvalue weighted by molar-refractivity contribution is 0.411. The maximum atomic E-state index is 2.46. The van der Waals surface area contributed by atoms with Crippen molar-refractivity contribution < 1.29 is 0 Å². The van der Waals surface area contributed by atoms with Gasteiger partial charge in [-0.25, -0.2) is 0 Å². The zero-order valence-electron chi connectivity index (χ0n) is 9.65. The average molecular weight is 194 g/mol. The summed E-state index contributed by atoms with van der Waals surface area (Å²) in [6.07, 6.45) is 4.99. The Morgan fingerprint density at radius 3 is 2.38 bits per heavy atom. The molecule has 0 spiro atoms. The van der Waals surface area contributed by atoms with Crippen LogP contribution in [0.1, 0.15) is 40.5 Å². The van der Waals surface area contributed by atoms with Crippen molar-refractivity contribution in [3.05, 3.63) is 22.5 Å². The highest BCUT2D eigenvalue weighted by atomic mass is 28.3. The third-order valence-corrected chi connectivity index (χ3v) is 5.71. The Hall–Kier alpha value is -0.303. The minimum Gasteiger partial charge on any atom is -0.0932 e. The highest BCUT2D eigenvalue weighted by molar-refractivity contribution is 6.71. The SMILES string of the molecule is CCCC(C)(C)C1=C(C)[SiH](C)C=C1. The molecule has 1 heterocycles. The van der Waals surface area contributed by atoms with Gasteiger partial charge in [0.1, 0.15) is 0 Å². The maximum Gasteiger partial charge on any atom is 0.0859 e. The fourth-order valence-corrected chi connectivity index (χ4v) is 4.03. The summed E-state index contributed by atoms with van der Waals surface area (Å²) < 4.78 is 0. The smallest absolute Gasteiger partial charge is 0.0859 e. The van der Waals surface area contributed by atoms with Crippen molar-refractivity contribution in [3.63, 3.8) is 0 Å². The van der Waals surface area contributed by atoms with Crippen molar-refractivity contribution in [2.75, 3.05) is 0 Å². The van der Waals surface area contributed by atoms with Crippen LogP contribution in [-0.4, -0.2) is 8.80 Å². The number of rotatable bonds is 3. The highest BCUT2D eigenvalue weighted by Crippen LogP contribution is 2.37. The third kappa shape index (κ3) is 2.14. The second kappa shape index (κ2) is 3.83. The van der Waals surface area contributed by atoms with Gasteiger partial charge in [0.15, 0.2) is 0 Å². The predicted molar refractivity (Wildman–Crippen MR) is 63.5 cm³/mol. The molecule has 74 valence electrons. The molecule has 0 saturated carbocycles. The summed E-state index contributed by atoms with van der Waals surface area (Å²) in [4.78, 5) is 0. The normalized spacial score (nSPS) is 23.0. The van der Waals surface area contributed by atoms with E-state index in [0.717, 1.165) is 0 Å². The molecular weight excluding hydrogens is 172 g/mol. The Morgan fingerprint density at radius 2 is 2.00 bits per heavy atom. The molecule has 13 heavy (non-hydrogen) atoms. The molecule has 0 aromatic heterocycles. The summed E-state index contributed by atoms with van der Waals surface area (Å²) >= 11 is 0. The molecule has 0 radical (unpaired) electrons. The molecule has 0 nitrogen and oxygen atoms in total. The maximum absolute atomic E-state index is 2.46. The van der Waals surface area contributed by atoms with Gasteiger partial charge in [-0.1, -0.05) is 50.7 Å². The van der Waals surface area contributed by atoms with E-state index in [9.17, 15) is 0 Å². The summed E-state index contributed by atoms with van der Waals surface area (Å²) in [7, 11) is -0.627. The monoisotopic (exact) mass is 194 g/mol. The van der Waals surface area contributed by atoms with Crippen LogP contribution in [-0.2, 0) is 0 Å². The van der Waals surface area contributed by atoms with E-state index in [0.29, 0.717) is 5.41 Å². The van der Waals surface area contributed by atoms with E-state index in [1.165, 1.54) is 12.8 Å². The Balaban J connectivity index is 2.88. The van der Waals surface area contributed by atoms with Gasteiger partial charge in [-0.15, -0.1) is 0 Å². The molecule has 1 heteroatoms. The van der Waals surface area contributed by atoms with Gasteiger partial charge in [0.2, 0.25) is 0 Å². The minimum absolute atomic E-state index is 0.410. The van der Waals surface area contributed by atoms with Gasteiger partial charge in [0.25, 0.3) is 0 Å². The van der Waals surface area contributed by atoms with Gasteiger partial charge in [-0.2, -0.15) is 0 Å². The van der Waals surface area contributed by atoms with Gasteiger partial charge in [-0.3, -0.25) is 0 Å². The molecule has 1 atom stereocenters. The van der Waals surface area contributed by atoms with E-state index >= 15 is 0 Å². The fourth-order valence-electron chi connectivity index (χ4n) is 2.28. The highest BCUT2D eigenvalue weighted by Gasteiger charge is 2.26. The standard InChI is InChI=1S/C12H22Si/c1-6-8-12(3,4)11-7-9-13(5)10(11)2/h7,9,13H,6,8H2,1-5H3. The van der Waals surface area contributed by atoms with Crippen molar-refractivity contribution in [1.29, 1.82) is 0 Å². The topological polar surface area (TPSA) is 0 Å². The van der Waals surface area contributed by atoms with Gasteiger partial charge in [0, 0.05) is 0 Å². The van der Waals surface area contributed by atoms with E-state index in [1.807, 2.05) is 0 Å². The van der Waals surface area contributed by atoms with Crippen molar-refractivity contribution in [1.82, 2.24) is 0 Å². The molecule has 0 aliphatic carbocycles. The number of hydrogen-bond acceptors (Lipinski definition) is 0. The number of hydrogen-bond donors (Lipinski definition) is 0. The van der Waals surface area contributed by atoms with E-state index in [2.05, 4.69) is 46.0 Å². The first-order valence-electron chi connectivity index (χ1n) is 5.38. The molecule has 1 aliphatic heterocycles. The molecule has 1 rings (SSSR count). The summed E-state index contributed by atoms with van der Waals surface area (Å²) in [6, 6.07) is 0. The fraction of sp³-hybridized carbons (Fsp3) is 0.667. The molecule has 0 amide bonds. The molecule has 0 aromatic carbocycles. The quantitative estimate of drug-likeness (QED) is 0.602. The van der Waals surface area contributed by atoms with Crippen molar-refractivity contribution in [3.8, 4) is 0 Å². The van der Waals surface area contributed by atoms with E-state index in [1.54, 1.807) is 10.8 Å². The Kier molecular flexibility index (Phi) is 3.17. The van der Waals surface area contributed by atoms with Gasteiger partial charge < -0.3 is 0 Å². The van der Waals surface area contributed by atoms with Gasteiger partial charge >= 0.3 is 0 Å². The first kappa shape index (κ1) is 10.8. The molecular formula is C12H22Si. The van der Waals surface area contributed by atoms with Gasteiger partial charge in [-0.05, 0) is 24.3 Å². The van der Waals surface area contributed by atoms with Crippen LogP contribution in [0.4, 0.5) is 0 Å². The van der Waals surface area contributed by atoms with Crippen LogP contribution in [0.5, 0.6) is 0 Å². The molecule has 0 saturated heterocycles. The molecule has 1 aliphatic rings. The Bertz CT molecular complexity index is 246. The lowest BCUT2D eigenvalue weighted by Crippen LogP contribution is -2.15. The minimum atomic E-state index is -0.627. The van der Waals surface area contributed by atoms with E-state index in [4.69, 9.17) is 0 Å².